The van der Waals surface area contributed by atoms with Crippen LogP contribution in [-0.4, -0.2) is 27.2 Å². The molecule has 0 spiro atoms. The lowest BCUT2D eigenvalue weighted by Gasteiger charge is -2.35. The standard InChI is InChI=1S/C21H34BrNO2S/c1-8-9-18(16-10-12-17(22)13-11-16)23(26-21(5,6)7)15-14-19(24)25-20(2,3)4/h10-13,18H,8-9,14-15H2,1-7H3. The van der Waals surface area contributed by atoms with Crippen molar-refractivity contribution in [2.45, 2.75) is 84.1 Å². The van der Waals surface area contributed by atoms with E-state index in [1.54, 1.807) is 0 Å². The van der Waals surface area contributed by atoms with E-state index in [2.05, 4.69) is 72.2 Å². The van der Waals surface area contributed by atoms with Crippen molar-refractivity contribution in [3.05, 3.63) is 34.3 Å². The van der Waals surface area contributed by atoms with Crippen molar-refractivity contribution in [2.24, 2.45) is 0 Å². The van der Waals surface area contributed by atoms with Crippen LogP contribution in [0.15, 0.2) is 28.7 Å². The normalized spacial score (nSPS) is 13.7. The Balaban J connectivity index is 2.96. The SMILES string of the molecule is CCCC(c1ccc(Br)cc1)N(CCC(=O)OC(C)(C)C)SC(C)(C)C. The van der Waals surface area contributed by atoms with Gasteiger partial charge in [0.25, 0.3) is 0 Å². The van der Waals surface area contributed by atoms with Crippen LogP contribution in [0.5, 0.6) is 0 Å². The molecule has 0 fully saturated rings. The molecule has 0 bridgehead atoms. The second kappa shape index (κ2) is 10.1. The van der Waals surface area contributed by atoms with Crippen molar-refractivity contribution in [3.63, 3.8) is 0 Å². The highest BCUT2D eigenvalue weighted by Crippen LogP contribution is 2.38. The lowest BCUT2D eigenvalue weighted by atomic mass is 10.0. The zero-order valence-corrected chi connectivity index (χ0v) is 19.7. The number of esters is 1. The second-order valence-corrected chi connectivity index (χ2v) is 11.3. The van der Waals surface area contributed by atoms with E-state index in [9.17, 15) is 4.79 Å². The van der Waals surface area contributed by atoms with Crippen LogP contribution in [0, 0.1) is 0 Å². The molecule has 0 heterocycles. The van der Waals surface area contributed by atoms with Gasteiger partial charge in [0.05, 0.1) is 6.42 Å². The Hall–Kier alpha value is -0.520. The molecule has 1 rings (SSSR count). The van der Waals surface area contributed by atoms with E-state index in [4.69, 9.17) is 4.74 Å². The summed E-state index contributed by atoms with van der Waals surface area (Å²) >= 11 is 5.34. The van der Waals surface area contributed by atoms with E-state index in [1.165, 1.54) is 5.56 Å². The molecule has 0 aromatic heterocycles. The lowest BCUT2D eigenvalue weighted by Crippen LogP contribution is -2.31. The number of carbonyl (C=O) groups is 1. The summed E-state index contributed by atoms with van der Waals surface area (Å²) in [6, 6.07) is 8.81. The number of rotatable bonds is 8. The van der Waals surface area contributed by atoms with Crippen LogP contribution in [-0.2, 0) is 9.53 Å². The molecular formula is C21H34BrNO2S. The van der Waals surface area contributed by atoms with Gasteiger partial charge in [0.1, 0.15) is 5.60 Å². The minimum Gasteiger partial charge on any atom is -0.460 e. The third-order valence-corrected chi connectivity index (χ3v) is 5.26. The highest BCUT2D eigenvalue weighted by Gasteiger charge is 2.27. The molecule has 1 atom stereocenters. The molecule has 26 heavy (non-hydrogen) atoms. The first kappa shape index (κ1) is 23.5. The van der Waals surface area contributed by atoms with Crippen LogP contribution in [0.4, 0.5) is 0 Å². The minimum absolute atomic E-state index is 0.0787. The topological polar surface area (TPSA) is 29.5 Å². The maximum atomic E-state index is 12.2. The number of nitrogens with zero attached hydrogens (tertiary/aromatic N) is 1. The smallest absolute Gasteiger partial charge is 0.307 e. The van der Waals surface area contributed by atoms with Crippen molar-refractivity contribution in [2.75, 3.05) is 6.54 Å². The quantitative estimate of drug-likeness (QED) is 0.327. The Morgan fingerprint density at radius 3 is 2.19 bits per heavy atom. The Kier molecular flexibility index (Phi) is 9.17. The zero-order chi connectivity index (χ0) is 20.0. The number of hydrogen-bond donors (Lipinski definition) is 0. The monoisotopic (exact) mass is 443 g/mol. The van der Waals surface area contributed by atoms with E-state index < -0.39 is 5.60 Å². The fourth-order valence-corrected chi connectivity index (χ4v) is 4.15. The molecule has 0 N–H and O–H groups in total. The number of carbonyl (C=O) groups excluding carboxylic acids is 1. The summed E-state index contributed by atoms with van der Waals surface area (Å²) in [6.45, 7) is 15.3. The van der Waals surface area contributed by atoms with Gasteiger partial charge in [-0.05, 0) is 65.7 Å². The van der Waals surface area contributed by atoms with Crippen LogP contribution in [0.1, 0.15) is 79.3 Å². The molecule has 5 heteroatoms. The second-order valence-electron chi connectivity index (χ2n) is 8.54. The van der Waals surface area contributed by atoms with Crippen LogP contribution in [0.3, 0.4) is 0 Å². The van der Waals surface area contributed by atoms with Crippen molar-refractivity contribution < 1.29 is 9.53 Å². The van der Waals surface area contributed by atoms with Crippen LogP contribution < -0.4 is 0 Å². The molecule has 1 unspecified atom stereocenters. The number of ether oxygens (including phenoxy) is 1. The van der Waals surface area contributed by atoms with E-state index >= 15 is 0 Å². The highest BCUT2D eigenvalue weighted by molar-refractivity contribution is 9.10. The predicted molar refractivity (Wildman–Crippen MR) is 116 cm³/mol. The van der Waals surface area contributed by atoms with Gasteiger partial charge in [-0.1, -0.05) is 53.4 Å². The van der Waals surface area contributed by atoms with Gasteiger partial charge in [0.2, 0.25) is 0 Å². The predicted octanol–water partition coefficient (Wildman–Crippen LogP) is 6.77. The first-order valence-corrected chi connectivity index (χ1v) is 10.9. The van der Waals surface area contributed by atoms with E-state index in [1.807, 2.05) is 32.7 Å². The maximum absolute atomic E-state index is 12.2. The van der Waals surface area contributed by atoms with Crippen LogP contribution >= 0.6 is 27.9 Å². The van der Waals surface area contributed by atoms with Crippen molar-refractivity contribution >= 4 is 33.8 Å². The van der Waals surface area contributed by atoms with Crippen molar-refractivity contribution in [1.82, 2.24) is 4.31 Å². The highest BCUT2D eigenvalue weighted by atomic mass is 79.9. The fourth-order valence-electron chi connectivity index (χ4n) is 2.65. The molecule has 3 nitrogen and oxygen atoms in total. The average molecular weight is 444 g/mol. The first-order valence-electron chi connectivity index (χ1n) is 9.34. The van der Waals surface area contributed by atoms with Gasteiger partial charge in [-0.25, -0.2) is 4.31 Å². The minimum atomic E-state index is -0.437. The summed E-state index contributed by atoms with van der Waals surface area (Å²) < 4.78 is 9.03. The lowest BCUT2D eigenvalue weighted by molar-refractivity contribution is -0.154. The maximum Gasteiger partial charge on any atom is 0.307 e. The fraction of sp³-hybridized carbons (Fsp3) is 0.667. The molecule has 0 radical (unpaired) electrons. The molecule has 0 saturated carbocycles. The van der Waals surface area contributed by atoms with Gasteiger partial charge in [-0.2, -0.15) is 0 Å². The van der Waals surface area contributed by atoms with Gasteiger partial charge in [0.15, 0.2) is 0 Å². The molecular weight excluding hydrogens is 410 g/mol. The molecule has 0 aliphatic rings. The molecule has 0 amide bonds. The number of hydrogen-bond acceptors (Lipinski definition) is 4. The van der Waals surface area contributed by atoms with Crippen LogP contribution in [0.2, 0.25) is 0 Å². The van der Waals surface area contributed by atoms with Gasteiger partial charge in [-0.3, -0.25) is 4.79 Å². The largest absolute Gasteiger partial charge is 0.460 e. The first-order chi connectivity index (χ1) is 11.9. The van der Waals surface area contributed by atoms with Gasteiger partial charge < -0.3 is 4.74 Å². The summed E-state index contributed by atoms with van der Waals surface area (Å²) in [5.41, 5.74) is 0.851. The van der Waals surface area contributed by atoms with Crippen molar-refractivity contribution in [3.8, 4) is 0 Å². The number of halogens is 1. The summed E-state index contributed by atoms with van der Waals surface area (Å²) in [5, 5.41) is 0. The molecule has 148 valence electrons. The Morgan fingerprint density at radius 1 is 1.15 bits per heavy atom. The Morgan fingerprint density at radius 2 is 1.73 bits per heavy atom. The zero-order valence-electron chi connectivity index (χ0n) is 17.3. The molecule has 0 aliphatic heterocycles. The third-order valence-electron chi connectivity index (χ3n) is 3.51. The van der Waals surface area contributed by atoms with Gasteiger partial charge >= 0.3 is 5.97 Å². The molecule has 0 aliphatic carbocycles. The molecule has 1 aromatic rings. The summed E-state index contributed by atoms with van der Waals surface area (Å²) in [5.74, 6) is -0.136. The van der Waals surface area contributed by atoms with E-state index in [0.29, 0.717) is 13.0 Å². The molecule has 1 aromatic carbocycles. The summed E-state index contributed by atoms with van der Waals surface area (Å²) in [7, 11) is 0. The Bertz CT molecular complexity index is 561. The van der Waals surface area contributed by atoms with Gasteiger partial charge in [-0.15, -0.1) is 0 Å². The Labute approximate surface area is 172 Å². The summed E-state index contributed by atoms with van der Waals surface area (Å²) in [6.07, 6.45) is 2.55. The number of benzene rings is 1. The van der Waals surface area contributed by atoms with Crippen molar-refractivity contribution in [1.29, 1.82) is 0 Å². The van der Waals surface area contributed by atoms with E-state index in [0.717, 1.165) is 17.3 Å². The van der Waals surface area contributed by atoms with Crippen LogP contribution in [0.25, 0.3) is 0 Å². The van der Waals surface area contributed by atoms with E-state index in [-0.39, 0.29) is 16.8 Å². The average Bonchev–Trinajstić information content (AvgIpc) is 2.47. The third kappa shape index (κ3) is 9.43. The summed E-state index contributed by atoms with van der Waals surface area (Å²) in [4.78, 5) is 12.2. The molecule has 0 saturated heterocycles. The van der Waals surface area contributed by atoms with Gasteiger partial charge in [0, 0.05) is 21.8 Å².